The monoisotopic (exact) mass is 219 g/mol. The minimum absolute atomic E-state index is 0.0163. The number of carboxylic acids is 1. The number of rotatable bonds is 2. The van der Waals surface area contributed by atoms with E-state index in [2.05, 4.69) is 5.32 Å². The Bertz CT molecular complexity index is 477. The Morgan fingerprint density at radius 2 is 2.12 bits per heavy atom. The number of anilines is 1. The molecule has 0 saturated heterocycles. The maximum atomic E-state index is 11.7. The first-order valence-corrected chi connectivity index (χ1v) is 5.08. The van der Waals surface area contributed by atoms with Crippen molar-refractivity contribution < 1.29 is 14.7 Å². The average molecular weight is 219 g/mol. The van der Waals surface area contributed by atoms with E-state index >= 15 is 0 Å². The summed E-state index contributed by atoms with van der Waals surface area (Å²) in [6.45, 7) is 3.66. The Hall–Kier alpha value is -1.84. The summed E-state index contributed by atoms with van der Waals surface area (Å²) in [5, 5.41) is 11.5. The largest absolute Gasteiger partial charge is 0.481 e. The van der Waals surface area contributed by atoms with Gasteiger partial charge < -0.3 is 10.4 Å². The van der Waals surface area contributed by atoms with Crippen molar-refractivity contribution in [3.63, 3.8) is 0 Å². The summed E-state index contributed by atoms with van der Waals surface area (Å²) < 4.78 is 0. The third-order valence-corrected chi connectivity index (χ3v) is 2.93. The summed E-state index contributed by atoms with van der Waals surface area (Å²) >= 11 is 0. The number of carbonyl (C=O) groups excluding carboxylic acids is 1. The van der Waals surface area contributed by atoms with Crippen molar-refractivity contribution in [1.82, 2.24) is 0 Å². The predicted octanol–water partition coefficient (Wildman–Crippen LogP) is 1.54. The van der Waals surface area contributed by atoms with Crippen molar-refractivity contribution in [3.05, 3.63) is 29.3 Å². The molecular weight excluding hydrogens is 206 g/mol. The number of amides is 1. The summed E-state index contributed by atoms with van der Waals surface area (Å²) in [5.41, 5.74) is 1.79. The summed E-state index contributed by atoms with van der Waals surface area (Å²) in [5.74, 6) is -0.912. The molecule has 1 aliphatic rings. The molecule has 0 spiro atoms. The number of carbonyl (C=O) groups is 2. The molecule has 16 heavy (non-hydrogen) atoms. The van der Waals surface area contributed by atoms with Gasteiger partial charge in [0.25, 0.3) is 0 Å². The van der Waals surface area contributed by atoms with E-state index in [1.54, 1.807) is 18.2 Å². The Balaban J connectivity index is 2.44. The van der Waals surface area contributed by atoms with Crippen LogP contribution in [0, 0.1) is 0 Å². The first-order chi connectivity index (χ1) is 7.41. The third kappa shape index (κ3) is 1.56. The van der Waals surface area contributed by atoms with Crippen LogP contribution in [-0.4, -0.2) is 17.0 Å². The lowest BCUT2D eigenvalue weighted by Gasteiger charge is -2.15. The molecule has 1 amide bonds. The van der Waals surface area contributed by atoms with Crippen molar-refractivity contribution in [2.24, 2.45) is 0 Å². The number of hydrogen-bond donors (Lipinski definition) is 2. The fourth-order valence-electron chi connectivity index (χ4n) is 1.90. The standard InChI is InChI=1S/C12H13NO3/c1-12(2)8-5-7(6-10(14)15)3-4-9(8)13-11(12)16/h3-5H,6H2,1-2H3,(H,13,16)(H,14,15). The Morgan fingerprint density at radius 1 is 1.44 bits per heavy atom. The summed E-state index contributed by atoms with van der Waals surface area (Å²) in [6.07, 6.45) is -0.0163. The highest BCUT2D eigenvalue weighted by atomic mass is 16.4. The normalized spacial score (nSPS) is 16.8. The molecule has 0 atom stereocenters. The molecule has 0 saturated carbocycles. The van der Waals surface area contributed by atoms with Crippen LogP contribution in [0.4, 0.5) is 5.69 Å². The van der Waals surface area contributed by atoms with Crippen LogP contribution in [0.15, 0.2) is 18.2 Å². The van der Waals surface area contributed by atoms with Crippen LogP contribution in [0.1, 0.15) is 25.0 Å². The molecule has 1 heterocycles. The van der Waals surface area contributed by atoms with Gasteiger partial charge in [-0.3, -0.25) is 9.59 Å². The van der Waals surface area contributed by atoms with Gasteiger partial charge in [-0.1, -0.05) is 12.1 Å². The van der Waals surface area contributed by atoms with E-state index in [1.807, 2.05) is 13.8 Å². The average Bonchev–Trinajstić information content (AvgIpc) is 2.39. The minimum atomic E-state index is -0.866. The molecule has 1 aromatic carbocycles. The van der Waals surface area contributed by atoms with Crippen molar-refractivity contribution in [2.45, 2.75) is 25.7 Å². The highest BCUT2D eigenvalue weighted by molar-refractivity contribution is 6.05. The van der Waals surface area contributed by atoms with Crippen LogP contribution in [0.3, 0.4) is 0 Å². The molecule has 84 valence electrons. The molecule has 0 unspecified atom stereocenters. The third-order valence-electron chi connectivity index (χ3n) is 2.93. The van der Waals surface area contributed by atoms with Crippen molar-refractivity contribution >= 4 is 17.6 Å². The van der Waals surface area contributed by atoms with Gasteiger partial charge in [0.15, 0.2) is 0 Å². The van der Waals surface area contributed by atoms with Crippen LogP contribution in [0.2, 0.25) is 0 Å². The lowest BCUT2D eigenvalue weighted by molar-refractivity contribution is -0.136. The van der Waals surface area contributed by atoms with E-state index in [4.69, 9.17) is 5.11 Å². The smallest absolute Gasteiger partial charge is 0.307 e. The summed E-state index contributed by atoms with van der Waals surface area (Å²) in [7, 11) is 0. The molecule has 0 radical (unpaired) electrons. The molecule has 1 aromatic rings. The molecule has 0 fully saturated rings. The fraction of sp³-hybridized carbons (Fsp3) is 0.333. The maximum absolute atomic E-state index is 11.7. The fourth-order valence-corrected chi connectivity index (χ4v) is 1.90. The second-order valence-electron chi connectivity index (χ2n) is 4.53. The zero-order valence-electron chi connectivity index (χ0n) is 9.20. The molecule has 4 heteroatoms. The second-order valence-corrected chi connectivity index (χ2v) is 4.53. The van der Waals surface area contributed by atoms with Crippen molar-refractivity contribution in [3.8, 4) is 0 Å². The molecule has 2 N–H and O–H groups in total. The topological polar surface area (TPSA) is 66.4 Å². The highest BCUT2D eigenvalue weighted by Gasteiger charge is 2.38. The lowest BCUT2D eigenvalue weighted by Crippen LogP contribution is -2.26. The number of nitrogens with one attached hydrogen (secondary N) is 1. The quantitative estimate of drug-likeness (QED) is 0.793. The van der Waals surface area contributed by atoms with Gasteiger partial charge >= 0.3 is 5.97 Å². The number of carboxylic acid groups (broad SMARTS) is 1. The predicted molar refractivity (Wildman–Crippen MR) is 59.4 cm³/mol. The summed E-state index contributed by atoms with van der Waals surface area (Å²) in [6, 6.07) is 5.29. The van der Waals surface area contributed by atoms with Gasteiger partial charge in [-0.05, 0) is 31.0 Å². The highest BCUT2D eigenvalue weighted by Crippen LogP contribution is 2.37. The van der Waals surface area contributed by atoms with Crippen LogP contribution in [0.5, 0.6) is 0 Å². The van der Waals surface area contributed by atoms with Crippen LogP contribution in [0.25, 0.3) is 0 Å². The van der Waals surface area contributed by atoms with Crippen LogP contribution < -0.4 is 5.32 Å². The lowest BCUT2D eigenvalue weighted by atomic mass is 9.85. The second kappa shape index (κ2) is 3.33. The van der Waals surface area contributed by atoms with E-state index in [1.165, 1.54) is 0 Å². The van der Waals surface area contributed by atoms with E-state index < -0.39 is 11.4 Å². The van der Waals surface area contributed by atoms with Gasteiger partial charge in [-0.15, -0.1) is 0 Å². The van der Waals surface area contributed by atoms with Crippen molar-refractivity contribution in [2.75, 3.05) is 5.32 Å². The van der Waals surface area contributed by atoms with E-state index in [9.17, 15) is 9.59 Å². The molecule has 0 aliphatic carbocycles. The summed E-state index contributed by atoms with van der Waals surface area (Å²) in [4.78, 5) is 22.3. The van der Waals surface area contributed by atoms with Gasteiger partial charge in [-0.25, -0.2) is 0 Å². The van der Waals surface area contributed by atoms with Gasteiger partial charge in [0.2, 0.25) is 5.91 Å². The SMILES string of the molecule is CC1(C)C(=O)Nc2ccc(CC(=O)O)cc21. The molecule has 4 nitrogen and oxygen atoms in total. The molecule has 0 bridgehead atoms. The molecule has 1 aliphatic heterocycles. The van der Waals surface area contributed by atoms with Gasteiger partial charge in [0.05, 0.1) is 11.8 Å². The minimum Gasteiger partial charge on any atom is -0.481 e. The molecule has 2 rings (SSSR count). The molecular formula is C12H13NO3. The maximum Gasteiger partial charge on any atom is 0.307 e. The molecule has 0 aromatic heterocycles. The number of aliphatic carboxylic acids is 1. The Kier molecular flexibility index (Phi) is 2.22. The first-order valence-electron chi connectivity index (χ1n) is 5.08. The van der Waals surface area contributed by atoms with E-state index in [-0.39, 0.29) is 12.3 Å². The number of benzene rings is 1. The van der Waals surface area contributed by atoms with Crippen LogP contribution in [-0.2, 0) is 21.4 Å². The number of fused-ring (bicyclic) bond motifs is 1. The van der Waals surface area contributed by atoms with Crippen LogP contribution >= 0.6 is 0 Å². The van der Waals surface area contributed by atoms with Crippen molar-refractivity contribution in [1.29, 1.82) is 0 Å². The zero-order chi connectivity index (χ0) is 11.9. The van der Waals surface area contributed by atoms with E-state index in [0.29, 0.717) is 0 Å². The zero-order valence-corrected chi connectivity index (χ0v) is 9.20. The van der Waals surface area contributed by atoms with E-state index in [0.717, 1.165) is 16.8 Å². The van der Waals surface area contributed by atoms with Gasteiger partial charge in [-0.2, -0.15) is 0 Å². The Labute approximate surface area is 93.3 Å². The van der Waals surface area contributed by atoms with Gasteiger partial charge in [0.1, 0.15) is 0 Å². The number of hydrogen-bond acceptors (Lipinski definition) is 2. The Morgan fingerprint density at radius 3 is 2.75 bits per heavy atom. The first kappa shape index (κ1) is 10.7. The van der Waals surface area contributed by atoms with Gasteiger partial charge in [0, 0.05) is 5.69 Å².